The van der Waals surface area contributed by atoms with Gasteiger partial charge >= 0.3 is 0 Å². The molecule has 0 saturated carbocycles. The van der Waals surface area contributed by atoms with Crippen LogP contribution in [0.1, 0.15) is 29.7 Å². The van der Waals surface area contributed by atoms with Crippen LogP contribution in [0.15, 0.2) is 104 Å². The first-order valence-electron chi connectivity index (χ1n) is 10.9. The molecule has 0 fully saturated rings. The third kappa shape index (κ3) is 5.64. The second kappa shape index (κ2) is 10.5. The Bertz CT molecular complexity index is 1030. The maximum Gasteiger partial charge on any atom is 0.181 e. The van der Waals surface area contributed by atoms with Crippen molar-refractivity contribution in [2.45, 2.75) is 38.6 Å². The summed E-state index contributed by atoms with van der Waals surface area (Å²) in [6.07, 6.45) is 11.6. The molecule has 0 unspecified atom stereocenters. The van der Waals surface area contributed by atoms with Crippen LogP contribution < -0.4 is 4.57 Å². The lowest BCUT2D eigenvalue weighted by Gasteiger charge is -2.08. The Balaban J connectivity index is 1.47. The van der Waals surface area contributed by atoms with Gasteiger partial charge in [0.15, 0.2) is 11.9 Å². The predicted molar refractivity (Wildman–Crippen MR) is 123 cm³/mol. The minimum atomic E-state index is 1.05. The van der Waals surface area contributed by atoms with Crippen molar-refractivity contribution in [1.29, 1.82) is 0 Å². The normalized spacial score (nSPS) is 10.8. The average molecular weight is 394 g/mol. The fourth-order valence-electron chi connectivity index (χ4n) is 3.95. The van der Waals surface area contributed by atoms with E-state index in [1.165, 1.54) is 27.9 Å². The van der Waals surface area contributed by atoms with Crippen molar-refractivity contribution in [2.75, 3.05) is 0 Å². The Morgan fingerprint density at radius 2 is 1.23 bits per heavy atom. The standard InChI is InChI=1S/C28H29N2/c1-3-9-24(10-4-1)13-7-15-28-23-27(26-16-19-29-20-17-26)18-22-30(28)21-8-14-25-11-5-2-6-12-25/h1-6,9-12,16-20,22-23H,7-8,13-15,21H2/q+1. The highest BCUT2D eigenvalue weighted by Gasteiger charge is 2.13. The maximum absolute atomic E-state index is 4.16. The Hall–Kier alpha value is -3.26. The number of aryl methyl sites for hydroxylation is 4. The number of rotatable bonds is 9. The number of nitrogens with zero attached hydrogens (tertiary/aromatic N) is 2. The molecule has 2 aromatic carbocycles. The van der Waals surface area contributed by atoms with Gasteiger partial charge in [-0.2, -0.15) is 0 Å². The minimum Gasteiger partial charge on any atom is -0.265 e. The Kier molecular flexibility index (Phi) is 7.01. The highest BCUT2D eigenvalue weighted by Crippen LogP contribution is 2.19. The smallest absolute Gasteiger partial charge is 0.181 e. The third-order valence-corrected chi connectivity index (χ3v) is 5.59. The molecule has 0 atom stereocenters. The summed E-state index contributed by atoms with van der Waals surface area (Å²) in [5.41, 5.74) is 6.74. The molecular weight excluding hydrogens is 364 g/mol. The molecule has 2 nitrogen and oxygen atoms in total. The molecule has 0 aliphatic heterocycles. The molecule has 4 rings (SSSR count). The summed E-state index contributed by atoms with van der Waals surface area (Å²) in [5, 5.41) is 0. The summed E-state index contributed by atoms with van der Waals surface area (Å²) in [5.74, 6) is 0. The van der Waals surface area contributed by atoms with Gasteiger partial charge in [0.25, 0.3) is 0 Å². The number of hydrogen-bond donors (Lipinski definition) is 0. The van der Waals surface area contributed by atoms with Crippen LogP contribution in [-0.2, 0) is 25.8 Å². The molecule has 0 radical (unpaired) electrons. The lowest BCUT2D eigenvalue weighted by molar-refractivity contribution is -0.704. The fourth-order valence-corrected chi connectivity index (χ4v) is 3.95. The Morgan fingerprint density at radius 3 is 1.90 bits per heavy atom. The summed E-state index contributed by atoms with van der Waals surface area (Å²) < 4.78 is 2.44. The van der Waals surface area contributed by atoms with Gasteiger partial charge in [0, 0.05) is 37.4 Å². The van der Waals surface area contributed by atoms with Gasteiger partial charge in [-0.1, -0.05) is 60.7 Å². The van der Waals surface area contributed by atoms with Gasteiger partial charge in [-0.05, 0) is 53.6 Å². The molecule has 0 amide bonds. The van der Waals surface area contributed by atoms with Gasteiger partial charge < -0.3 is 0 Å². The van der Waals surface area contributed by atoms with Crippen LogP contribution >= 0.6 is 0 Å². The number of pyridine rings is 2. The van der Waals surface area contributed by atoms with Crippen LogP contribution in [-0.4, -0.2) is 4.98 Å². The van der Waals surface area contributed by atoms with Gasteiger partial charge in [0.05, 0.1) is 0 Å². The van der Waals surface area contributed by atoms with Crippen LogP contribution in [0.3, 0.4) is 0 Å². The summed E-state index contributed by atoms with van der Waals surface area (Å²) in [7, 11) is 0. The zero-order valence-electron chi connectivity index (χ0n) is 17.5. The van der Waals surface area contributed by atoms with Gasteiger partial charge in [-0.25, -0.2) is 4.57 Å². The highest BCUT2D eigenvalue weighted by molar-refractivity contribution is 5.62. The van der Waals surface area contributed by atoms with Gasteiger partial charge in [0.2, 0.25) is 0 Å². The molecule has 0 aliphatic carbocycles. The quantitative estimate of drug-likeness (QED) is 0.326. The van der Waals surface area contributed by atoms with E-state index in [2.05, 4.69) is 101 Å². The topological polar surface area (TPSA) is 16.8 Å². The van der Waals surface area contributed by atoms with Crippen molar-refractivity contribution in [2.24, 2.45) is 0 Å². The average Bonchev–Trinajstić information content (AvgIpc) is 2.82. The lowest BCUT2D eigenvalue weighted by Crippen LogP contribution is -2.38. The van der Waals surface area contributed by atoms with E-state index in [1.54, 1.807) is 0 Å². The van der Waals surface area contributed by atoms with E-state index in [0.29, 0.717) is 0 Å². The molecule has 0 N–H and O–H groups in total. The first-order chi connectivity index (χ1) is 14.9. The van der Waals surface area contributed by atoms with Crippen LogP contribution in [0.4, 0.5) is 0 Å². The predicted octanol–water partition coefficient (Wildman–Crippen LogP) is 5.84. The van der Waals surface area contributed by atoms with E-state index in [0.717, 1.165) is 38.6 Å². The first-order valence-corrected chi connectivity index (χ1v) is 10.9. The zero-order chi connectivity index (χ0) is 20.4. The summed E-state index contributed by atoms with van der Waals surface area (Å²) in [6, 6.07) is 30.3. The molecular formula is C28H29N2+. The maximum atomic E-state index is 4.16. The van der Waals surface area contributed by atoms with E-state index in [1.807, 2.05) is 12.4 Å². The molecule has 0 saturated heterocycles. The van der Waals surface area contributed by atoms with Crippen LogP contribution in [0.25, 0.3) is 11.1 Å². The third-order valence-electron chi connectivity index (χ3n) is 5.59. The first kappa shape index (κ1) is 20.0. The number of hydrogen-bond acceptors (Lipinski definition) is 1. The van der Waals surface area contributed by atoms with E-state index >= 15 is 0 Å². The van der Waals surface area contributed by atoms with Gasteiger partial charge in [-0.15, -0.1) is 0 Å². The summed E-state index contributed by atoms with van der Waals surface area (Å²) in [6.45, 7) is 1.05. The van der Waals surface area contributed by atoms with Crippen molar-refractivity contribution in [1.82, 2.24) is 4.98 Å². The molecule has 0 aliphatic rings. The number of aromatic nitrogens is 2. The second-order valence-electron chi connectivity index (χ2n) is 7.76. The molecule has 2 heterocycles. The van der Waals surface area contributed by atoms with Crippen molar-refractivity contribution >= 4 is 0 Å². The van der Waals surface area contributed by atoms with Gasteiger partial charge in [-0.3, -0.25) is 4.98 Å². The SMILES string of the molecule is c1ccc(CCCc2cc(-c3ccncc3)cc[n+]2CCCc2ccccc2)cc1. The van der Waals surface area contributed by atoms with Gasteiger partial charge in [0.1, 0.15) is 6.54 Å². The molecule has 0 bridgehead atoms. The van der Waals surface area contributed by atoms with Crippen molar-refractivity contribution < 1.29 is 4.57 Å². The van der Waals surface area contributed by atoms with Crippen molar-refractivity contribution in [3.63, 3.8) is 0 Å². The Labute approximate surface area is 179 Å². The molecule has 30 heavy (non-hydrogen) atoms. The number of benzene rings is 2. The molecule has 2 heteroatoms. The largest absolute Gasteiger partial charge is 0.265 e. The second-order valence-corrected chi connectivity index (χ2v) is 7.76. The van der Waals surface area contributed by atoms with E-state index in [9.17, 15) is 0 Å². The van der Waals surface area contributed by atoms with Crippen LogP contribution in [0.2, 0.25) is 0 Å². The van der Waals surface area contributed by atoms with Crippen LogP contribution in [0.5, 0.6) is 0 Å². The van der Waals surface area contributed by atoms with E-state index in [-0.39, 0.29) is 0 Å². The molecule has 0 spiro atoms. The van der Waals surface area contributed by atoms with Crippen molar-refractivity contribution in [3.8, 4) is 11.1 Å². The van der Waals surface area contributed by atoms with Crippen molar-refractivity contribution in [3.05, 3.63) is 120 Å². The fraction of sp³-hybridized carbons (Fsp3) is 0.214. The molecule has 4 aromatic rings. The summed E-state index contributed by atoms with van der Waals surface area (Å²) >= 11 is 0. The van der Waals surface area contributed by atoms with E-state index in [4.69, 9.17) is 0 Å². The zero-order valence-corrected chi connectivity index (χ0v) is 17.5. The minimum absolute atomic E-state index is 1.05. The monoisotopic (exact) mass is 393 g/mol. The summed E-state index contributed by atoms with van der Waals surface area (Å²) in [4.78, 5) is 4.16. The Morgan fingerprint density at radius 1 is 0.600 bits per heavy atom. The highest BCUT2D eigenvalue weighted by atomic mass is 14.9. The molecule has 150 valence electrons. The van der Waals surface area contributed by atoms with Crippen LogP contribution in [0, 0.1) is 0 Å². The molecule has 2 aromatic heterocycles. The lowest BCUT2D eigenvalue weighted by atomic mass is 10.0. The van der Waals surface area contributed by atoms with E-state index < -0.39 is 0 Å².